The summed E-state index contributed by atoms with van der Waals surface area (Å²) in [5.41, 5.74) is 0.983. The minimum Gasteiger partial charge on any atom is -0.444 e. The van der Waals surface area contributed by atoms with Crippen LogP contribution < -0.4 is 10.6 Å². The fourth-order valence-electron chi connectivity index (χ4n) is 3.71. The van der Waals surface area contributed by atoms with Gasteiger partial charge in [-0.25, -0.2) is 4.98 Å². The summed E-state index contributed by atoms with van der Waals surface area (Å²) < 4.78 is 5.71. The number of piperidine rings is 1. The molecule has 0 radical (unpaired) electrons. The van der Waals surface area contributed by atoms with Crippen LogP contribution in [0, 0.1) is 19.8 Å². The number of oxazole rings is 1. The van der Waals surface area contributed by atoms with Crippen LogP contribution in [0.4, 0.5) is 0 Å². The van der Waals surface area contributed by atoms with Crippen molar-refractivity contribution >= 4 is 11.9 Å². The average molecular weight is 421 g/mol. The molecule has 0 saturated carbocycles. The summed E-state index contributed by atoms with van der Waals surface area (Å²) in [5.74, 6) is 3.31. The number of aryl methyl sites for hydroxylation is 2. The van der Waals surface area contributed by atoms with Crippen LogP contribution >= 0.6 is 0 Å². The van der Waals surface area contributed by atoms with Crippen LogP contribution in [0.2, 0.25) is 0 Å². The summed E-state index contributed by atoms with van der Waals surface area (Å²) in [7, 11) is 0. The molecule has 1 amide bonds. The van der Waals surface area contributed by atoms with Crippen LogP contribution in [0.25, 0.3) is 0 Å². The summed E-state index contributed by atoms with van der Waals surface area (Å²) in [5, 5.41) is 6.59. The van der Waals surface area contributed by atoms with E-state index in [2.05, 4.69) is 27.4 Å². The fourth-order valence-corrected chi connectivity index (χ4v) is 3.71. The van der Waals surface area contributed by atoms with Crippen molar-refractivity contribution in [3.05, 3.63) is 17.3 Å². The second-order valence-corrected chi connectivity index (χ2v) is 7.93. The number of rotatable bonds is 10. The molecule has 2 N–H and O–H groups in total. The standard InChI is InChI=1S/C22H40N6O2/c1-6-23-22(24-12-9-21(29)28(7-2)8-3)25-15-19-10-13-27(14-11-19)16-20-26-17(4)18(5)30-20/h19H,6-16H2,1-5H3,(H2,23,24,25). The first-order valence-electron chi connectivity index (χ1n) is 11.4. The first-order chi connectivity index (χ1) is 14.5. The van der Waals surface area contributed by atoms with E-state index in [1.54, 1.807) is 0 Å². The van der Waals surface area contributed by atoms with Crippen LogP contribution in [0.15, 0.2) is 9.41 Å². The summed E-state index contributed by atoms with van der Waals surface area (Å²) in [4.78, 5) is 25.7. The number of hydrogen-bond acceptors (Lipinski definition) is 5. The topological polar surface area (TPSA) is 86.0 Å². The number of nitrogens with zero attached hydrogens (tertiary/aromatic N) is 4. The predicted molar refractivity (Wildman–Crippen MR) is 121 cm³/mol. The van der Waals surface area contributed by atoms with Gasteiger partial charge in [-0.05, 0) is 66.5 Å². The Bertz CT molecular complexity index is 656. The molecule has 0 unspecified atom stereocenters. The van der Waals surface area contributed by atoms with Gasteiger partial charge in [-0.2, -0.15) is 0 Å². The molecule has 2 heterocycles. The number of hydrogen-bond donors (Lipinski definition) is 2. The first-order valence-corrected chi connectivity index (χ1v) is 11.4. The Morgan fingerprint density at radius 1 is 1.20 bits per heavy atom. The number of aromatic nitrogens is 1. The first kappa shape index (κ1) is 24.2. The van der Waals surface area contributed by atoms with Crippen molar-refractivity contribution in [1.29, 1.82) is 0 Å². The average Bonchev–Trinajstić information content (AvgIpc) is 3.05. The maximum absolute atomic E-state index is 12.1. The molecule has 0 aromatic carbocycles. The Kier molecular flexibility index (Phi) is 10.1. The van der Waals surface area contributed by atoms with E-state index in [4.69, 9.17) is 9.41 Å². The number of carbonyl (C=O) groups excluding carboxylic acids is 1. The van der Waals surface area contributed by atoms with E-state index in [-0.39, 0.29) is 5.91 Å². The SMILES string of the molecule is CCNC(=NCC1CCN(Cc2nc(C)c(C)o2)CC1)NCCC(=O)N(CC)CC. The summed E-state index contributed by atoms with van der Waals surface area (Å²) in [6.07, 6.45) is 2.74. The molecule has 1 aliphatic rings. The van der Waals surface area contributed by atoms with Gasteiger partial charge in [0, 0.05) is 39.1 Å². The molecule has 1 fully saturated rings. The van der Waals surface area contributed by atoms with Gasteiger partial charge in [-0.15, -0.1) is 0 Å². The lowest BCUT2D eigenvalue weighted by molar-refractivity contribution is -0.130. The Morgan fingerprint density at radius 3 is 2.47 bits per heavy atom. The van der Waals surface area contributed by atoms with Gasteiger partial charge in [0.1, 0.15) is 5.76 Å². The maximum Gasteiger partial charge on any atom is 0.224 e. The van der Waals surface area contributed by atoms with E-state index < -0.39 is 0 Å². The van der Waals surface area contributed by atoms with E-state index in [9.17, 15) is 4.79 Å². The monoisotopic (exact) mass is 420 g/mol. The molecule has 30 heavy (non-hydrogen) atoms. The van der Waals surface area contributed by atoms with Crippen molar-refractivity contribution in [3.63, 3.8) is 0 Å². The highest BCUT2D eigenvalue weighted by Crippen LogP contribution is 2.20. The van der Waals surface area contributed by atoms with E-state index in [1.807, 2.05) is 32.6 Å². The lowest BCUT2D eigenvalue weighted by Gasteiger charge is -2.30. The highest BCUT2D eigenvalue weighted by atomic mass is 16.4. The number of likely N-dealkylation sites (tertiary alicyclic amines) is 1. The zero-order valence-electron chi connectivity index (χ0n) is 19.5. The van der Waals surface area contributed by atoms with Crippen LogP contribution in [0.5, 0.6) is 0 Å². The van der Waals surface area contributed by atoms with Crippen molar-refractivity contribution in [1.82, 2.24) is 25.4 Å². The molecular formula is C22H40N6O2. The molecule has 170 valence electrons. The number of carbonyl (C=O) groups is 1. The van der Waals surface area contributed by atoms with Crippen LogP contribution in [-0.4, -0.2) is 72.5 Å². The molecular weight excluding hydrogens is 380 g/mol. The van der Waals surface area contributed by atoms with E-state index in [0.29, 0.717) is 18.9 Å². The van der Waals surface area contributed by atoms with Gasteiger partial charge in [0.2, 0.25) is 11.8 Å². The molecule has 0 spiro atoms. The molecule has 1 aliphatic heterocycles. The molecule has 2 rings (SSSR count). The maximum atomic E-state index is 12.1. The van der Waals surface area contributed by atoms with Gasteiger partial charge in [0.25, 0.3) is 0 Å². The third kappa shape index (κ3) is 7.63. The van der Waals surface area contributed by atoms with Gasteiger partial charge >= 0.3 is 0 Å². The summed E-state index contributed by atoms with van der Waals surface area (Å²) >= 11 is 0. The Labute approximate surface area is 181 Å². The molecule has 1 aromatic heterocycles. The fraction of sp³-hybridized carbons (Fsp3) is 0.773. The van der Waals surface area contributed by atoms with Gasteiger partial charge < -0.3 is 20.0 Å². The van der Waals surface area contributed by atoms with Crippen LogP contribution in [0.3, 0.4) is 0 Å². The normalized spacial score (nSPS) is 16.0. The summed E-state index contributed by atoms with van der Waals surface area (Å²) in [6, 6.07) is 0. The van der Waals surface area contributed by atoms with Crippen molar-refractivity contribution in [3.8, 4) is 0 Å². The summed E-state index contributed by atoms with van der Waals surface area (Å²) in [6.45, 7) is 16.7. The lowest BCUT2D eigenvalue weighted by Crippen LogP contribution is -2.40. The van der Waals surface area contributed by atoms with Crippen LogP contribution in [-0.2, 0) is 11.3 Å². The molecule has 0 atom stereocenters. The quantitative estimate of drug-likeness (QED) is 0.446. The zero-order chi connectivity index (χ0) is 21.9. The van der Waals surface area contributed by atoms with Gasteiger partial charge in [-0.1, -0.05) is 0 Å². The smallest absolute Gasteiger partial charge is 0.224 e. The lowest BCUT2D eigenvalue weighted by atomic mass is 9.97. The van der Waals surface area contributed by atoms with Crippen LogP contribution in [0.1, 0.15) is 57.4 Å². The van der Waals surface area contributed by atoms with E-state index in [1.165, 1.54) is 0 Å². The predicted octanol–water partition coefficient (Wildman–Crippen LogP) is 2.32. The molecule has 1 saturated heterocycles. The Morgan fingerprint density at radius 2 is 1.90 bits per heavy atom. The van der Waals surface area contributed by atoms with Crippen molar-refractivity contribution in [2.45, 2.75) is 60.4 Å². The molecule has 0 bridgehead atoms. The van der Waals surface area contributed by atoms with E-state index in [0.717, 1.165) is 82.0 Å². The molecule has 1 aromatic rings. The van der Waals surface area contributed by atoms with Crippen molar-refractivity contribution in [2.24, 2.45) is 10.9 Å². The molecule has 8 nitrogen and oxygen atoms in total. The number of nitrogens with one attached hydrogen (secondary N) is 2. The highest BCUT2D eigenvalue weighted by Gasteiger charge is 2.21. The van der Waals surface area contributed by atoms with Crippen molar-refractivity contribution < 1.29 is 9.21 Å². The van der Waals surface area contributed by atoms with Gasteiger partial charge in [-0.3, -0.25) is 14.7 Å². The van der Waals surface area contributed by atoms with Gasteiger partial charge in [0.05, 0.1) is 12.2 Å². The second-order valence-electron chi connectivity index (χ2n) is 7.93. The third-order valence-corrected chi connectivity index (χ3v) is 5.74. The highest BCUT2D eigenvalue weighted by molar-refractivity contribution is 5.81. The minimum atomic E-state index is 0.187. The second kappa shape index (κ2) is 12.6. The molecule has 0 aliphatic carbocycles. The van der Waals surface area contributed by atoms with E-state index >= 15 is 0 Å². The number of amides is 1. The molecule has 8 heteroatoms. The Balaban J connectivity index is 1.73. The minimum absolute atomic E-state index is 0.187. The number of guanidine groups is 1. The van der Waals surface area contributed by atoms with Crippen molar-refractivity contribution in [2.75, 3.05) is 45.8 Å². The third-order valence-electron chi connectivity index (χ3n) is 5.74. The number of aliphatic imine (C=N–C) groups is 1. The van der Waals surface area contributed by atoms with Gasteiger partial charge in [0.15, 0.2) is 5.96 Å². The Hall–Kier alpha value is -2.09. The largest absolute Gasteiger partial charge is 0.444 e. The zero-order valence-corrected chi connectivity index (χ0v) is 19.5.